The van der Waals surface area contributed by atoms with Crippen molar-refractivity contribution in [2.45, 2.75) is 19.4 Å². The number of pyridine rings is 1. The molecule has 2 aliphatic rings. The van der Waals surface area contributed by atoms with E-state index in [4.69, 9.17) is 0 Å². The van der Waals surface area contributed by atoms with Gasteiger partial charge in [0.1, 0.15) is 0 Å². The van der Waals surface area contributed by atoms with E-state index in [1.54, 1.807) is 30.7 Å². The van der Waals surface area contributed by atoms with Gasteiger partial charge in [0.05, 0.1) is 35.5 Å². The predicted octanol–water partition coefficient (Wildman–Crippen LogP) is 2.19. The molecule has 1 saturated heterocycles. The highest BCUT2D eigenvalue weighted by atomic mass is 19.1. The molecule has 0 bridgehead atoms. The number of halogens is 1. The Hall–Kier alpha value is -4.48. The number of aryl methyl sites for hydroxylation is 1. The summed E-state index contributed by atoms with van der Waals surface area (Å²) in [5.74, 6) is -0.173. The molecule has 6 heterocycles. The second-order valence-electron chi connectivity index (χ2n) is 8.62. The number of aromatic nitrogens is 7. The molecule has 0 aliphatic carbocycles. The average Bonchev–Trinajstić information content (AvgIpc) is 3.54. The molecule has 1 amide bonds. The minimum atomic E-state index is -0.833. The molecule has 0 unspecified atom stereocenters. The summed E-state index contributed by atoms with van der Waals surface area (Å²) in [4.78, 5) is 38.2. The summed E-state index contributed by atoms with van der Waals surface area (Å²) in [6.07, 6.45) is 10.1. The fraction of sp³-hybridized carbons (Fsp3) is 0.292. The minimum absolute atomic E-state index is 0.147. The highest BCUT2D eigenvalue weighted by molar-refractivity contribution is 6.04. The van der Waals surface area contributed by atoms with Gasteiger partial charge >= 0.3 is 0 Å². The highest BCUT2D eigenvalue weighted by Gasteiger charge is 2.22. The summed E-state index contributed by atoms with van der Waals surface area (Å²) in [5, 5.41) is 6.97. The number of carbonyl (C=O) groups is 1. The summed E-state index contributed by atoms with van der Waals surface area (Å²) >= 11 is 0. The Labute approximate surface area is 206 Å². The smallest absolute Gasteiger partial charge is 0.260 e. The van der Waals surface area contributed by atoms with Gasteiger partial charge in [0.2, 0.25) is 17.8 Å². The van der Waals surface area contributed by atoms with Crippen molar-refractivity contribution in [2.75, 3.05) is 41.3 Å². The topological polar surface area (TPSA) is 118 Å². The van der Waals surface area contributed by atoms with E-state index < -0.39 is 11.9 Å². The Balaban J connectivity index is 1.09. The van der Waals surface area contributed by atoms with Crippen LogP contribution in [0.3, 0.4) is 0 Å². The van der Waals surface area contributed by atoms with Gasteiger partial charge in [-0.25, -0.2) is 24.9 Å². The van der Waals surface area contributed by atoms with Crippen molar-refractivity contribution < 1.29 is 9.18 Å². The van der Waals surface area contributed by atoms with E-state index in [0.29, 0.717) is 36.4 Å². The average molecular weight is 487 g/mol. The lowest BCUT2D eigenvalue weighted by molar-refractivity contribution is 0.102. The first-order chi connectivity index (χ1) is 17.7. The Kier molecular flexibility index (Phi) is 5.68. The van der Waals surface area contributed by atoms with Crippen LogP contribution in [-0.4, -0.2) is 66.8 Å². The largest absolute Gasteiger partial charge is 0.337 e. The number of anilines is 3. The van der Waals surface area contributed by atoms with E-state index in [1.165, 1.54) is 18.5 Å². The summed E-state index contributed by atoms with van der Waals surface area (Å²) in [7, 11) is 0. The molecule has 0 saturated carbocycles. The molecule has 6 rings (SSSR count). The van der Waals surface area contributed by atoms with Crippen LogP contribution >= 0.6 is 0 Å². The molecule has 0 spiro atoms. The van der Waals surface area contributed by atoms with Gasteiger partial charge in [-0.1, -0.05) is 0 Å². The highest BCUT2D eigenvalue weighted by Crippen LogP contribution is 2.27. The lowest BCUT2D eigenvalue weighted by Gasteiger charge is -2.34. The van der Waals surface area contributed by atoms with Crippen molar-refractivity contribution in [2.24, 2.45) is 0 Å². The van der Waals surface area contributed by atoms with E-state index >= 15 is 0 Å². The van der Waals surface area contributed by atoms with Crippen LogP contribution in [0, 0.1) is 5.95 Å². The molecule has 2 aliphatic heterocycles. The van der Waals surface area contributed by atoms with Gasteiger partial charge in [-0.3, -0.25) is 9.48 Å². The second-order valence-corrected chi connectivity index (χ2v) is 8.62. The van der Waals surface area contributed by atoms with Crippen molar-refractivity contribution in [1.82, 2.24) is 34.7 Å². The maximum absolute atomic E-state index is 14.8. The SMILES string of the molecule is O=C(Nc1cnc(N2CCN(c3ncccn3)CC2)nc1)c1ccc(-c2cnn3c2CCC3)nc1F. The van der Waals surface area contributed by atoms with Crippen LogP contribution in [0.1, 0.15) is 22.5 Å². The maximum Gasteiger partial charge on any atom is 0.260 e. The van der Waals surface area contributed by atoms with Gasteiger partial charge in [0.25, 0.3) is 5.91 Å². The van der Waals surface area contributed by atoms with Crippen molar-refractivity contribution in [3.8, 4) is 11.3 Å². The number of carbonyl (C=O) groups excluding carboxylic acids is 1. The van der Waals surface area contributed by atoms with E-state index in [9.17, 15) is 9.18 Å². The zero-order chi connectivity index (χ0) is 24.5. The summed E-state index contributed by atoms with van der Waals surface area (Å²) < 4.78 is 16.7. The number of hydrogen-bond donors (Lipinski definition) is 1. The summed E-state index contributed by atoms with van der Waals surface area (Å²) in [6.45, 7) is 3.78. The van der Waals surface area contributed by atoms with Crippen LogP contribution < -0.4 is 15.1 Å². The second kappa shape index (κ2) is 9.29. The quantitative estimate of drug-likeness (QED) is 0.424. The van der Waals surface area contributed by atoms with Gasteiger partial charge < -0.3 is 15.1 Å². The monoisotopic (exact) mass is 486 g/mol. The first-order valence-electron chi connectivity index (χ1n) is 11.8. The number of hydrogen-bond acceptors (Lipinski definition) is 9. The van der Waals surface area contributed by atoms with E-state index in [0.717, 1.165) is 43.7 Å². The molecular weight excluding hydrogens is 463 g/mol. The molecule has 1 N–H and O–H groups in total. The predicted molar refractivity (Wildman–Crippen MR) is 130 cm³/mol. The van der Waals surface area contributed by atoms with Crippen LogP contribution in [0.5, 0.6) is 0 Å². The van der Waals surface area contributed by atoms with Crippen LogP contribution in [0.2, 0.25) is 0 Å². The lowest BCUT2D eigenvalue weighted by atomic mass is 10.1. The van der Waals surface area contributed by atoms with E-state index in [1.807, 2.05) is 4.68 Å². The number of rotatable bonds is 5. The van der Waals surface area contributed by atoms with Crippen molar-refractivity contribution in [3.05, 3.63) is 66.4 Å². The van der Waals surface area contributed by atoms with E-state index in [-0.39, 0.29) is 5.56 Å². The minimum Gasteiger partial charge on any atom is -0.337 e. The Morgan fingerprint density at radius 2 is 1.58 bits per heavy atom. The fourth-order valence-electron chi connectivity index (χ4n) is 4.54. The third-order valence-corrected chi connectivity index (χ3v) is 6.40. The lowest BCUT2D eigenvalue weighted by Crippen LogP contribution is -2.47. The summed E-state index contributed by atoms with van der Waals surface area (Å²) in [6, 6.07) is 4.88. The molecule has 4 aromatic heterocycles. The molecule has 182 valence electrons. The van der Waals surface area contributed by atoms with Crippen LogP contribution in [0.25, 0.3) is 11.3 Å². The first kappa shape index (κ1) is 22.0. The first-order valence-corrected chi connectivity index (χ1v) is 11.8. The molecule has 0 atom stereocenters. The Morgan fingerprint density at radius 3 is 2.28 bits per heavy atom. The van der Waals surface area contributed by atoms with Crippen LogP contribution in [0.15, 0.2) is 49.2 Å². The zero-order valence-electron chi connectivity index (χ0n) is 19.4. The molecule has 12 heteroatoms. The van der Waals surface area contributed by atoms with Crippen molar-refractivity contribution >= 4 is 23.5 Å². The molecule has 1 fully saturated rings. The van der Waals surface area contributed by atoms with Gasteiger partial charge in [-0.05, 0) is 31.0 Å². The standard InChI is InChI=1S/C24H23FN10O/c25-21-17(4-5-19(32-21)18-15-30-35-8-1-3-20(18)35)22(36)31-16-13-28-24(29-14-16)34-11-9-33(10-12-34)23-26-6-2-7-27-23/h2,4-7,13-15H,1,3,8-12H2,(H,31,36). The van der Waals surface area contributed by atoms with Crippen LogP contribution in [0.4, 0.5) is 22.0 Å². The number of amides is 1. The third kappa shape index (κ3) is 4.21. The molecule has 4 aromatic rings. The molecule has 11 nitrogen and oxygen atoms in total. The number of fused-ring (bicyclic) bond motifs is 1. The number of piperazine rings is 1. The normalized spacial score (nSPS) is 15.1. The molecular formula is C24H23FN10O. The molecule has 36 heavy (non-hydrogen) atoms. The van der Waals surface area contributed by atoms with Crippen molar-refractivity contribution in [1.29, 1.82) is 0 Å². The fourth-order valence-corrected chi connectivity index (χ4v) is 4.54. The van der Waals surface area contributed by atoms with Gasteiger partial charge in [0, 0.05) is 56.4 Å². The van der Waals surface area contributed by atoms with Crippen LogP contribution in [-0.2, 0) is 13.0 Å². The zero-order valence-corrected chi connectivity index (χ0v) is 19.4. The maximum atomic E-state index is 14.8. The Bertz CT molecular complexity index is 1380. The van der Waals surface area contributed by atoms with Gasteiger partial charge in [-0.15, -0.1) is 0 Å². The molecule has 0 aromatic carbocycles. The van der Waals surface area contributed by atoms with E-state index in [2.05, 4.69) is 45.1 Å². The van der Waals surface area contributed by atoms with Gasteiger partial charge in [-0.2, -0.15) is 9.49 Å². The third-order valence-electron chi connectivity index (χ3n) is 6.40. The number of nitrogens with one attached hydrogen (secondary N) is 1. The number of nitrogens with zero attached hydrogens (tertiary/aromatic N) is 9. The van der Waals surface area contributed by atoms with Crippen molar-refractivity contribution in [3.63, 3.8) is 0 Å². The summed E-state index contributed by atoms with van der Waals surface area (Å²) in [5.41, 5.74) is 2.55. The Morgan fingerprint density at radius 1 is 0.889 bits per heavy atom. The molecule has 0 radical (unpaired) electrons. The van der Waals surface area contributed by atoms with Gasteiger partial charge in [0.15, 0.2) is 0 Å².